The lowest BCUT2D eigenvalue weighted by atomic mass is 9.85. The highest BCUT2D eigenvalue weighted by atomic mass is 32.2. The fourth-order valence-electron chi connectivity index (χ4n) is 4.93. The number of nitrogens with zero attached hydrogens (tertiary/aromatic N) is 3. The van der Waals surface area contributed by atoms with E-state index in [1.54, 1.807) is 7.05 Å². The third-order valence-electron chi connectivity index (χ3n) is 6.27. The predicted molar refractivity (Wildman–Crippen MR) is 104 cm³/mol. The van der Waals surface area contributed by atoms with Gasteiger partial charge in [-0.3, -0.25) is 19.5 Å². The second-order valence-electron chi connectivity index (χ2n) is 7.82. The van der Waals surface area contributed by atoms with Crippen molar-refractivity contribution in [3.05, 3.63) is 12.2 Å². The zero-order chi connectivity index (χ0) is 19.9. The number of likely N-dealkylation sites (tertiary alicyclic amines) is 1. The van der Waals surface area contributed by atoms with Gasteiger partial charge < -0.3 is 10.6 Å². The molecule has 4 unspecified atom stereocenters. The molecule has 3 fully saturated rings. The first kappa shape index (κ1) is 19.4. The van der Waals surface area contributed by atoms with Crippen LogP contribution in [-0.4, -0.2) is 80.9 Å². The maximum absolute atomic E-state index is 12.6. The SMILES string of the molecule is CN=C(NCCN1C(=O)C2C3C=CC(C3)C2C1=O)NCCN1CCCS1(=O)=O. The van der Waals surface area contributed by atoms with E-state index in [0.717, 1.165) is 6.42 Å². The summed E-state index contributed by atoms with van der Waals surface area (Å²) in [5.41, 5.74) is 0. The molecule has 0 aromatic carbocycles. The minimum atomic E-state index is -3.10. The monoisotopic (exact) mass is 409 g/mol. The molecule has 0 aromatic heterocycles. The second-order valence-corrected chi connectivity index (χ2v) is 9.91. The summed E-state index contributed by atoms with van der Waals surface area (Å²) >= 11 is 0. The lowest BCUT2D eigenvalue weighted by molar-refractivity contribution is -0.140. The second kappa shape index (κ2) is 7.47. The highest BCUT2D eigenvalue weighted by molar-refractivity contribution is 7.89. The summed E-state index contributed by atoms with van der Waals surface area (Å²) in [6.07, 6.45) is 5.78. The van der Waals surface area contributed by atoms with Crippen LogP contribution in [0.25, 0.3) is 0 Å². The molecule has 1 saturated carbocycles. The number of nitrogens with one attached hydrogen (secondary N) is 2. The van der Waals surface area contributed by atoms with Crippen molar-refractivity contribution >= 4 is 27.8 Å². The van der Waals surface area contributed by atoms with Gasteiger partial charge in [0.2, 0.25) is 21.8 Å². The Morgan fingerprint density at radius 1 is 1.11 bits per heavy atom. The molecule has 2 aliphatic carbocycles. The Morgan fingerprint density at radius 3 is 2.25 bits per heavy atom. The van der Waals surface area contributed by atoms with Crippen molar-refractivity contribution in [2.24, 2.45) is 28.7 Å². The van der Waals surface area contributed by atoms with E-state index < -0.39 is 10.0 Å². The molecule has 4 rings (SSSR count). The lowest BCUT2D eigenvalue weighted by Gasteiger charge is -2.19. The van der Waals surface area contributed by atoms with Crippen molar-refractivity contribution in [2.45, 2.75) is 12.8 Å². The van der Waals surface area contributed by atoms with Gasteiger partial charge in [0.25, 0.3) is 0 Å². The molecular formula is C18H27N5O4S. The fourth-order valence-corrected chi connectivity index (χ4v) is 6.46. The number of amides is 2. The first-order chi connectivity index (χ1) is 13.4. The highest BCUT2D eigenvalue weighted by Crippen LogP contribution is 2.52. The first-order valence-corrected chi connectivity index (χ1v) is 11.5. The van der Waals surface area contributed by atoms with Gasteiger partial charge in [0.1, 0.15) is 0 Å². The van der Waals surface area contributed by atoms with E-state index in [2.05, 4.69) is 27.8 Å². The average molecular weight is 410 g/mol. The number of hydrogen-bond acceptors (Lipinski definition) is 5. The molecule has 2 bridgehead atoms. The van der Waals surface area contributed by atoms with E-state index in [-0.39, 0.29) is 41.2 Å². The minimum Gasteiger partial charge on any atom is -0.355 e. The molecule has 2 heterocycles. The summed E-state index contributed by atoms with van der Waals surface area (Å²) in [6, 6.07) is 0. The van der Waals surface area contributed by atoms with Crippen molar-refractivity contribution in [3.8, 4) is 0 Å². The number of aliphatic imine (C=N–C) groups is 1. The standard InChI is InChI=1S/C18H27N5O4S/c1-19-18(20-5-8-22-7-2-10-28(22,26)27)21-6-9-23-16(24)14-12-3-4-13(11-12)15(14)17(23)25/h3-4,12-15H,2,5-11H2,1H3,(H2,19,20,21). The zero-order valence-electron chi connectivity index (χ0n) is 16.0. The number of carbonyl (C=O) groups is 2. The number of rotatable bonds is 6. The average Bonchev–Trinajstić information content (AvgIpc) is 3.40. The molecule has 154 valence electrons. The van der Waals surface area contributed by atoms with Gasteiger partial charge in [-0.1, -0.05) is 12.2 Å². The van der Waals surface area contributed by atoms with Gasteiger partial charge >= 0.3 is 0 Å². The van der Waals surface area contributed by atoms with Crippen LogP contribution in [0, 0.1) is 23.7 Å². The van der Waals surface area contributed by atoms with E-state index in [9.17, 15) is 18.0 Å². The smallest absolute Gasteiger partial charge is 0.233 e. The van der Waals surface area contributed by atoms with E-state index in [1.165, 1.54) is 9.21 Å². The summed E-state index contributed by atoms with van der Waals surface area (Å²) in [5, 5.41) is 6.18. The number of imide groups is 1. The summed E-state index contributed by atoms with van der Waals surface area (Å²) in [7, 11) is -1.47. The van der Waals surface area contributed by atoms with Gasteiger partial charge in [-0.05, 0) is 24.7 Å². The zero-order valence-corrected chi connectivity index (χ0v) is 16.8. The summed E-state index contributed by atoms with van der Waals surface area (Å²) in [5.74, 6) is 0.771. The topological polar surface area (TPSA) is 111 Å². The Hall–Kier alpha value is -1.94. The molecule has 2 amide bonds. The van der Waals surface area contributed by atoms with Gasteiger partial charge in [0.15, 0.2) is 5.96 Å². The number of fused-ring (bicyclic) bond motifs is 5. The van der Waals surface area contributed by atoms with E-state index in [0.29, 0.717) is 45.1 Å². The maximum atomic E-state index is 12.6. The minimum absolute atomic E-state index is 0.0455. The third-order valence-corrected chi connectivity index (χ3v) is 8.23. The number of allylic oxidation sites excluding steroid dienone is 2. The summed E-state index contributed by atoms with van der Waals surface area (Å²) < 4.78 is 25.1. The van der Waals surface area contributed by atoms with Crippen molar-refractivity contribution < 1.29 is 18.0 Å². The normalized spacial score (nSPS) is 33.8. The molecular weight excluding hydrogens is 382 g/mol. The van der Waals surface area contributed by atoms with Crippen LogP contribution < -0.4 is 10.6 Å². The van der Waals surface area contributed by atoms with Crippen LogP contribution in [0.4, 0.5) is 0 Å². The maximum Gasteiger partial charge on any atom is 0.233 e. The van der Waals surface area contributed by atoms with Crippen molar-refractivity contribution in [2.75, 3.05) is 45.5 Å². The molecule has 4 aliphatic rings. The quantitative estimate of drug-likeness (QED) is 0.252. The molecule has 10 heteroatoms. The Kier molecular flexibility index (Phi) is 5.17. The van der Waals surface area contributed by atoms with Crippen LogP contribution in [0.1, 0.15) is 12.8 Å². The molecule has 2 saturated heterocycles. The Morgan fingerprint density at radius 2 is 1.71 bits per heavy atom. The van der Waals surface area contributed by atoms with E-state index >= 15 is 0 Å². The van der Waals surface area contributed by atoms with Gasteiger partial charge in [-0.2, -0.15) is 0 Å². The van der Waals surface area contributed by atoms with Crippen LogP contribution in [-0.2, 0) is 19.6 Å². The summed E-state index contributed by atoms with van der Waals surface area (Å²) in [6.45, 7) is 2.12. The van der Waals surface area contributed by atoms with Gasteiger partial charge in [0.05, 0.1) is 17.6 Å². The molecule has 4 atom stereocenters. The van der Waals surface area contributed by atoms with Gasteiger partial charge in [0, 0.05) is 39.8 Å². The van der Waals surface area contributed by atoms with Crippen LogP contribution in [0.3, 0.4) is 0 Å². The Labute approximate surface area is 165 Å². The largest absolute Gasteiger partial charge is 0.355 e. The molecule has 28 heavy (non-hydrogen) atoms. The van der Waals surface area contributed by atoms with Gasteiger partial charge in [-0.15, -0.1) is 0 Å². The Balaban J connectivity index is 1.22. The molecule has 0 aromatic rings. The van der Waals surface area contributed by atoms with Crippen LogP contribution >= 0.6 is 0 Å². The fraction of sp³-hybridized carbons (Fsp3) is 0.722. The number of guanidine groups is 1. The molecule has 0 radical (unpaired) electrons. The molecule has 9 nitrogen and oxygen atoms in total. The number of hydrogen-bond donors (Lipinski definition) is 2. The van der Waals surface area contributed by atoms with E-state index in [4.69, 9.17) is 0 Å². The summed E-state index contributed by atoms with van der Waals surface area (Å²) in [4.78, 5) is 30.8. The van der Waals surface area contributed by atoms with E-state index in [1.807, 2.05) is 0 Å². The Bertz CT molecular complexity index is 794. The van der Waals surface area contributed by atoms with Crippen LogP contribution in [0.2, 0.25) is 0 Å². The molecule has 0 spiro atoms. The van der Waals surface area contributed by atoms with Crippen LogP contribution in [0.5, 0.6) is 0 Å². The number of carbonyl (C=O) groups excluding carboxylic acids is 2. The number of sulfonamides is 1. The molecule has 2 aliphatic heterocycles. The van der Waals surface area contributed by atoms with Crippen molar-refractivity contribution in [3.63, 3.8) is 0 Å². The van der Waals surface area contributed by atoms with Crippen LogP contribution in [0.15, 0.2) is 17.1 Å². The van der Waals surface area contributed by atoms with Crippen molar-refractivity contribution in [1.82, 2.24) is 19.8 Å². The predicted octanol–water partition coefficient (Wildman–Crippen LogP) is -1.01. The van der Waals surface area contributed by atoms with Gasteiger partial charge in [-0.25, -0.2) is 12.7 Å². The first-order valence-electron chi connectivity index (χ1n) is 9.88. The van der Waals surface area contributed by atoms with Crippen molar-refractivity contribution in [1.29, 1.82) is 0 Å². The molecule has 2 N–H and O–H groups in total. The highest BCUT2D eigenvalue weighted by Gasteiger charge is 2.58. The lowest BCUT2D eigenvalue weighted by Crippen LogP contribution is -2.45. The third kappa shape index (κ3) is 3.32.